The van der Waals surface area contributed by atoms with Crippen molar-refractivity contribution in [3.8, 4) is 11.5 Å². The van der Waals surface area contributed by atoms with Crippen molar-refractivity contribution >= 4 is 11.9 Å². The second kappa shape index (κ2) is 6.71. The van der Waals surface area contributed by atoms with Gasteiger partial charge in [-0.3, -0.25) is 0 Å². The summed E-state index contributed by atoms with van der Waals surface area (Å²) in [5.41, 5.74) is 3.76. The molecule has 2 heterocycles. The van der Waals surface area contributed by atoms with Gasteiger partial charge >= 0.3 is 11.9 Å². The van der Waals surface area contributed by atoms with Crippen molar-refractivity contribution in [1.82, 2.24) is 0 Å². The number of esters is 2. The molecule has 0 atom stereocenters. The Hall–Kier alpha value is -3.60. The Labute approximate surface area is 180 Å². The van der Waals surface area contributed by atoms with E-state index in [9.17, 15) is 9.59 Å². The van der Waals surface area contributed by atoms with E-state index in [0.717, 1.165) is 22.3 Å². The van der Waals surface area contributed by atoms with Gasteiger partial charge in [-0.2, -0.15) is 0 Å². The molecule has 156 valence electrons. The summed E-state index contributed by atoms with van der Waals surface area (Å²) in [6.07, 6.45) is -0.247. The van der Waals surface area contributed by atoms with Crippen molar-refractivity contribution in [2.45, 2.75) is 39.4 Å². The van der Waals surface area contributed by atoms with E-state index in [-0.39, 0.29) is 6.10 Å². The number of benzene rings is 3. The normalized spacial score (nSPS) is 15.1. The van der Waals surface area contributed by atoms with Crippen LogP contribution in [0.4, 0.5) is 0 Å². The lowest BCUT2D eigenvalue weighted by Gasteiger charge is -2.36. The molecule has 0 aromatic heterocycles. The van der Waals surface area contributed by atoms with E-state index >= 15 is 0 Å². The Morgan fingerprint density at radius 3 is 2.06 bits per heavy atom. The Kier molecular flexibility index (Phi) is 4.19. The molecule has 0 bridgehead atoms. The number of carbonyl (C=O) groups excluding carboxylic acids is 2. The van der Waals surface area contributed by atoms with E-state index in [0.29, 0.717) is 28.2 Å². The van der Waals surface area contributed by atoms with Gasteiger partial charge in [0.05, 0.1) is 17.2 Å². The molecule has 0 aliphatic carbocycles. The molecule has 5 heteroatoms. The van der Waals surface area contributed by atoms with Crippen LogP contribution in [0.3, 0.4) is 0 Å². The lowest BCUT2D eigenvalue weighted by molar-refractivity contribution is 0.0224. The summed E-state index contributed by atoms with van der Waals surface area (Å²) < 4.78 is 17.7. The van der Waals surface area contributed by atoms with Gasteiger partial charge < -0.3 is 14.2 Å². The van der Waals surface area contributed by atoms with E-state index in [1.807, 2.05) is 50.2 Å². The van der Waals surface area contributed by atoms with E-state index in [4.69, 9.17) is 14.2 Å². The summed E-state index contributed by atoms with van der Waals surface area (Å²) in [5.74, 6) is 0.397. The number of aryl methyl sites for hydroxylation is 2. The molecule has 0 unspecified atom stereocenters. The molecular formula is C26H22O5. The molecule has 1 spiro atoms. The van der Waals surface area contributed by atoms with Crippen LogP contribution in [0.5, 0.6) is 11.5 Å². The Balaban J connectivity index is 1.80. The van der Waals surface area contributed by atoms with Crippen molar-refractivity contribution in [1.29, 1.82) is 0 Å². The average molecular weight is 414 g/mol. The van der Waals surface area contributed by atoms with Crippen LogP contribution in [-0.4, -0.2) is 18.0 Å². The minimum Gasteiger partial charge on any atom is -0.459 e. The molecule has 0 fully saturated rings. The summed E-state index contributed by atoms with van der Waals surface area (Å²) in [5, 5.41) is 0. The van der Waals surface area contributed by atoms with Crippen LogP contribution in [0.15, 0.2) is 54.6 Å². The molecule has 2 aliphatic rings. The second-order valence-corrected chi connectivity index (χ2v) is 8.39. The summed E-state index contributed by atoms with van der Waals surface area (Å²) in [6, 6.07) is 16.6. The van der Waals surface area contributed by atoms with Crippen molar-refractivity contribution in [2.75, 3.05) is 0 Å². The number of ether oxygens (including phenoxy) is 3. The van der Waals surface area contributed by atoms with Crippen LogP contribution in [0, 0.1) is 13.8 Å². The maximum Gasteiger partial charge on any atom is 0.340 e. The van der Waals surface area contributed by atoms with Gasteiger partial charge in [-0.1, -0.05) is 24.3 Å². The number of carbonyl (C=O) groups is 2. The Bertz CT molecular complexity index is 1200. The predicted molar refractivity (Wildman–Crippen MR) is 115 cm³/mol. The molecule has 3 aromatic rings. The fourth-order valence-corrected chi connectivity index (χ4v) is 4.34. The van der Waals surface area contributed by atoms with Crippen LogP contribution in [-0.2, 0) is 15.1 Å². The van der Waals surface area contributed by atoms with E-state index in [1.165, 1.54) is 0 Å². The van der Waals surface area contributed by atoms with Crippen LogP contribution in [0.25, 0.3) is 0 Å². The first-order valence-corrected chi connectivity index (χ1v) is 10.3. The summed E-state index contributed by atoms with van der Waals surface area (Å²) in [7, 11) is 0. The summed E-state index contributed by atoms with van der Waals surface area (Å²) in [6.45, 7) is 7.57. The maximum absolute atomic E-state index is 13.0. The highest BCUT2D eigenvalue weighted by Crippen LogP contribution is 2.56. The standard InChI is InChI=1S/C26H22O5/c1-14(2)29-24(27)17-7-8-18-21(13-17)26(31-25(18)28)19-9-5-15(3)11-22(19)30-23-12-16(4)6-10-20(23)26/h5-14H,1-4H3. The third kappa shape index (κ3) is 2.84. The predicted octanol–water partition coefficient (Wildman–Crippen LogP) is 5.44. The molecule has 0 N–H and O–H groups in total. The highest BCUT2D eigenvalue weighted by atomic mass is 16.6. The number of fused-ring (bicyclic) bond motifs is 6. The lowest BCUT2D eigenvalue weighted by Crippen LogP contribution is -2.33. The lowest BCUT2D eigenvalue weighted by atomic mass is 9.77. The van der Waals surface area contributed by atoms with E-state index < -0.39 is 17.5 Å². The van der Waals surface area contributed by atoms with Gasteiger partial charge in [0.15, 0.2) is 5.60 Å². The minimum absolute atomic E-state index is 0.247. The first kappa shape index (κ1) is 19.4. The molecule has 5 nitrogen and oxygen atoms in total. The maximum atomic E-state index is 13.0. The first-order valence-electron chi connectivity index (χ1n) is 10.3. The van der Waals surface area contributed by atoms with E-state index in [1.54, 1.807) is 32.0 Å². The van der Waals surface area contributed by atoms with Gasteiger partial charge in [0.1, 0.15) is 11.5 Å². The zero-order chi connectivity index (χ0) is 21.9. The smallest absolute Gasteiger partial charge is 0.340 e. The Morgan fingerprint density at radius 2 is 1.48 bits per heavy atom. The molecule has 2 aliphatic heterocycles. The number of rotatable bonds is 2. The number of hydrogen-bond donors (Lipinski definition) is 0. The minimum atomic E-state index is -1.19. The highest BCUT2D eigenvalue weighted by molar-refractivity contribution is 5.99. The third-order valence-electron chi connectivity index (χ3n) is 5.70. The third-order valence-corrected chi connectivity index (χ3v) is 5.70. The summed E-state index contributed by atoms with van der Waals surface area (Å²) in [4.78, 5) is 25.6. The first-order chi connectivity index (χ1) is 14.8. The van der Waals surface area contributed by atoms with Gasteiger partial charge in [-0.05, 0) is 69.2 Å². The topological polar surface area (TPSA) is 61.8 Å². The molecule has 0 saturated carbocycles. The monoisotopic (exact) mass is 414 g/mol. The second-order valence-electron chi connectivity index (χ2n) is 8.39. The molecule has 0 saturated heterocycles. The fraction of sp³-hybridized carbons (Fsp3) is 0.231. The van der Waals surface area contributed by atoms with Crippen molar-refractivity contribution in [3.05, 3.63) is 93.5 Å². The quantitative estimate of drug-likeness (QED) is 0.523. The van der Waals surface area contributed by atoms with E-state index in [2.05, 4.69) is 0 Å². The molecule has 3 aromatic carbocycles. The van der Waals surface area contributed by atoms with Crippen molar-refractivity contribution in [3.63, 3.8) is 0 Å². The average Bonchev–Trinajstić information content (AvgIpc) is 2.99. The molecule has 0 amide bonds. The van der Waals surface area contributed by atoms with Crippen LogP contribution >= 0.6 is 0 Å². The zero-order valence-corrected chi connectivity index (χ0v) is 17.8. The van der Waals surface area contributed by atoms with Gasteiger partial charge in [0, 0.05) is 16.7 Å². The summed E-state index contributed by atoms with van der Waals surface area (Å²) >= 11 is 0. The van der Waals surface area contributed by atoms with Gasteiger partial charge in [-0.15, -0.1) is 0 Å². The van der Waals surface area contributed by atoms with Crippen molar-refractivity contribution in [2.24, 2.45) is 0 Å². The van der Waals surface area contributed by atoms with Gasteiger partial charge in [-0.25, -0.2) is 9.59 Å². The van der Waals surface area contributed by atoms with Crippen molar-refractivity contribution < 1.29 is 23.8 Å². The number of hydrogen-bond acceptors (Lipinski definition) is 5. The molecular weight excluding hydrogens is 392 g/mol. The highest BCUT2D eigenvalue weighted by Gasteiger charge is 2.53. The SMILES string of the molecule is Cc1ccc2c(c1)Oc1cc(C)ccc1C21OC(=O)c2ccc(C(=O)OC(C)C)cc21. The molecule has 5 rings (SSSR count). The van der Waals surface area contributed by atoms with Crippen LogP contribution in [0.1, 0.15) is 62.4 Å². The molecule has 0 radical (unpaired) electrons. The fourth-order valence-electron chi connectivity index (χ4n) is 4.34. The van der Waals surface area contributed by atoms with Gasteiger partial charge in [0.25, 0.3) is 0 Å². The largest absolute Gasteiger partial charge is 0.459 e. The zero-order valence-electron chi connectivity index (χ0n) is 17.8. The molecule has 31 heavy (non-hydrogen) atoms. The van der Waals surface area contributed by atoms with Gasteiger partial charge in [0.2, 0.25) is 0 Å². The van der Waals surface area contributed by atoms with Crippen LogP contribution in [0.2, 0.25) is 0 Å². The Morgan fingerprint density at radius 1 is 0.871 bits per heavy atom. The van der Waals surface area contributed by atoms with Crippen LogP contribution < -0.4 is 4.74 Å².